The molecule has 0 saturated carbocycles. The van der Waals surface area contributed by atoms with Gasteiger partial charge in [-0.25, -0.2) is 9.59 Å². The lowest BCUT2D eigenvalue weighted by atomic mass is 10.0. The van der Waals surface area contributed by atoms with Gasteiger partial charge in [-0.3, -0.25) is 0 Å². The molecule has 1 N–H and O–H groups in total. The Bertz CT molecular complexity index is 524. The lowest BCUT2D eigenvalue weighted by Gasteiger charge is -2.24. The van der Waals surface area contributed by atoms with Crippen LogP contribution in [0.15, 0.2) is 42.1 Å². The summed E-state index contributed by atoms with van der Waals surface area (Å²) in [7, 11) is 1.26. The normalized spacial score (nSPS) is 21.6. The van der Waals surface area contributed by atoms with E-state index in [1.807, 2.05) is 30.3 Å². The molecule has 1 aliphatic heterocycles. The first-order valence-electron chi connectivity index (χ1n) is 5.87. The molecule has 0 fully saturated rings. The number of nitrogens with one attached hydrogen (secondary N) is 1. The summed E-state index contributed by atoms with van der Waals surface area (Å²) in [6.45, 7) is 2.00. The summed E-state index contributed by atoms with van der Waals surface area (Å²) in [6, 6.07) is 9.65. The highest BCUT2D eigenvalue weighted by Crippen LogP contribution is 2.27. The molecule has 100 valence electrons. The number of hydrogen-bond donors (Lipinski definition) is 1. The fourth-order valence-corrected chi connectivity index (χ4v) is 1.90. The first kappa shape index (κ1) is 13.1. The fourth-order valence-electron chi connectivity index (χ4n) is 1.90. The third-order valence-corrected chi connectivity index (χ3v) is 2.98. The Balaban J connectivity index is 2.11. The maximum atomic E-state index is 11.7. The Kier molecular flexibility index (Phi) is 3.55. The van der Waals surface area contributed by atoms with Gasteiger partial charge in [-0.1, -0.05) is 30.3 Å². The Hall–Kier alpha value is -2.30. The Labute approximate surface area is 111 Å². The van der Waals surface area contributed by atoms with Gasteiger partial charge in [-0.2, -0.15) is 0 Å². The molecule has 0 bridgehead atoms. The molecule has 1 atom stereocenters. The summed E-state index contributed by atoms with van der Waals surface area (Å²) in [6.07, 6.45) is 1.28. The van der Waals surface area contributed by atoms with E-state index in [4.69, 9.17) is 4.74 Å². The highest BCUT2D eigenvalue weighted by molar-refractivity contribution is 5.95. The molecule has 1 unspecified atom stereocenters. The molecule has 0 amide bonds. The molecule has 0 aliphatic carbocycles. The highest BCUT2D eigenvalue weighted by Gasteiger charge is 2.47. The number of carbonyl (C=O) groups excluding carboxylic acids is 2. The second-order valence-corrected chi connectivity index (χ2v) is 4.34. The summed E-state index contributed by atoms with van der Waals surface area (Å²) in [5, 5.41) is 3.05. The first-order valence-corrected chi connectivity index (χ1v) is 5.87. The van der Waals surface area contributed by atoms with Crippen molar-refractivity contribution in [2.75, 3.05) is 7.11 Å². The van der Waals surface area contributed by atoms with Crippen LogP contribution in [-0.4, -0.2) is 24.6 Å². The number of cyclic esters (lactones) is 1. The number of hydrogen-bond acceptors (Lipinski definition) is 5. The number of ether oxygens (including phenoxy) is 2. The summed E-state index contributed by atoms with van der Waals surface area (Å²) in [5.41, 5.74) is 0.0591. The predicted molar refractivity (Wildman–Crippen MR) is 67.9 cm³/mol. The van der Waals surface area contributed by atoms with Crippen molar-refractivity contribution in [3.63, 3.8) is 0 Å². The van der Waals surface area contributed by atoms with Gasteiger partial charge in [0, 0.05) is 12.6 Å². The van der Waals surface area contributed by atoms with Crippen molar-refractivity contribution < 1.29 is 19.1 Å². The van der Waals surface area contributed by atoms with E-state index in [9.17, 15) is 9.59 Å². The molecule has 0 spiro atoms. The van der Waals surface area contributed by atoms with Crippen LogP contribution in [0, 0.1) is 0 Å². The van der Waals surface area contributed by atoms with Gasteiger partial charge in [0.1, 0.15) is 0 Å². The minimum Gasteiger partial charge on any atom is -0.466 e. The maximum absolute atomic E-state index is 11.7. The molecule has 1 aromatic carbocycles. The molecule has 5 nitrogen and oxygen atoms in total. The minimum absolute atomic E-state index is 0.410. The molecule has 1 aliphatic rings. The summed E-state index contributed by atoms with van der Waals surface area (Å²) in [5.74, 6) is -1.16. The number of carbonyl (C=O) groups is 2. The zero-order valence-corrected chi connectivity index (χ0v) is 10.8. The quantitative estimate of drug-likeness (QED) is 0.824. The second-order valence-electron chi connectivity index (χ2n) is 4.34. The average Bonchev–Trinajstić information content (AvgIpc) is 2.72. The van der Waals surface area contributed by atoms with E-state index < -0.39 is 17.5 Å². The summed E-state index contributed by atoms with van der Waals surface area (Å²) in [4.78, 5) is 23.1. The van der Waals surface area contributed by atoms with E-state index in [0.29, 0.717) is 12.2 Å². The zero-order chi connectivity index (χ0) is 13.9. The van der Waals surface area contributed by atoms with E-state index in [2.05, 4.69) is 10.1 Å². The van der Waals surface area contributed by atoms with E-state index in [1.54, 1.807) is 0 Å². The lowest BCUT2D eigenvalue weighted by molar-refractivity contribution is -0.168. The van der Waals surface area contributed by atoms with E-state index in [1.165, 1.54) is 20.1 Å². The van der Waals surface area contributed by atoms with Gasteiger partial charge in [0.15, 0.2) is 0 Å². The third-order valence-electron chi connectivity index (χ3n) is 2.98. The average molecular weight is 261 g/mol. The second kappa shape index (κ2) is 5.14. The van der Waals surface area contributed by atoms with Crippen molar-refractivity contribution in [3.05, 3.63) is 47.7 Å². The smallest absolute Gasteiger partial charge is 0.356 e. The minimum atomic E-state index is -1.39. The van der Waals surface area contributed by atoms with Crippen LogP contribution in [0.1, 0.15) is 12.5 Å². The van der Waals surface area contributed by atoms with E-state index >= 15 is 0 Å². The van der Waals surface area contributed by atoms with Gasteiger partial charge in [0.25, 0.3) is 0 Å². The highest BCUT2D eigenvalue weighted by atomic mass is 16.6. The largest absolute Gasteiger partial charge is 0.466 e. The predicted octanol–water partition coefficient (Wildman–Crippen LogP) is 1.15. The van der Waals surface area contributed by atoms with Gasteiger partial charge in [0.2, 0.25) is 5.60 Å². The van der Waals surface area contributed by atoms with Crippen LogP contribution in [0.4, 0.5) is 0 Å². The van der Waals surface area contributed by atoms with Crippen molar-refractivity contribution in [3.8, 4) is 0 Å². The SMILES string of the molecule is COC(=O)C1(C)OC(=O)C=C1NCc1ccccc1. The molecular weight excluding hydrogens is 246 g/mol. The van der Waals surface area contributed by atoms with Crippen molar-refractivity contribution >= 4 is 11.9 Å². The molecule has 0 saturated heterocycles. The van der Waals surface area contributed by atoms with Crippen molar-refractivity contribution in [1.82, 2.24) is 5.32 Å². The molecule has 1 aromatic rings. The van der Waals surface area contributed by atoms with Gasteiger partial charge in [0.05, 0.1) is 12.8 Å². The molecular formula is C14H15NO4. The van der Waals surface area contributed by atoms with Crippen molar-refractivity contribution in [1.29, 1.82) is 0 Å². The van der Waals surface area contributed by atoms with Crippen LogP contribution in [-0.2, 0) is 25.6 Å². The number of esters is 2. The molecule has 1 heterocycles. The Morgan fingerprint density at radius 3 is 2.68 bits per heavy atom. The molecule has 0 aromatic heterocycles. The van der Waals surface area contributed by atoms with Gasteiger partial charge >= 0.3 is 11.9 Å². The van der Waals surface area contributed by atoms with Gasteiger partial charge in [-0.15, -0.1) is 0 Å². The van der Waals surface area contributed by atoms with Crippen LogP contribution in [0.5, 0.6) is 0 Å². The van der Waals surface area contributed by atoms with Crippen molar-refractivity contribution in [2.24, 2.45) is 0 Å². The topological polar surface area (TPSA) is 64.6 Å². The fraction of sp³-hybridized carbons (Fsp3) is 0.286. The number of benzene rings is 1. The number of methoxy groups -OCH3 is 1. The Morgan fingerprint density at radius 2 is 2.05 bits per heavy atom. The zero-order valence-electron chi connectivity index (χ0n) is 10.8. The van der Waals surface area contributed by atoms with Crippen LogP contribution < -0.4 is 5.32 Å². The van der Waals surface area contributed by atoms with E-state index in [0.717, 1.165) is 5.56 Å². The molecule has 0 radical (unpaired) electrons. The van der Waals surface area contributed by atoms with Crippen LogP contribution >= 0.6 is 0 Å². The van der Waals surface area contributed by atoms with Crippen LogP contribution in [0.3, 0.4) is 0 Å². The third kappa shape index (κ3) is 2.59. The number of rotatable bonds is 4. The van der Waals surface area contributed by atoms with Gasteiger partial charge < -0.3 is 14.8 Å². The lowest BCUT2D eigenvalue weighted by Crippen LogP contribution is -2.43. The molecule has 2 rings (SSSR count). The standard InChI is InChI=1S/C14H15NO4/c1-14(13(17)18-2)11(8-12(16)19-14)15-9-10-6-4-3-5-7-10/h3-8,15H,9H2,1-2H3. The molecule has 19 heavy (non-hydrogen) atoms. The summed E-state index contributed by atoms with van der Waals surface area (Å²) < 4.78 is 9.70. The molecule has 5 heteroatoms. The first-order chi connectivity index (χ1) is 9.06. The van der Waals surface area contributed by atoms with Crippen molar-refractivity contribution in [2.45, 2.75) is 19.1 Å². The van der Waals surface area contributed by atoms with Gasteiger partial charge in [-0.05, 0) is 12.5 Å². The van der Waals surface area contributed by atoms with E-state index in [-0.39, 0.29) is 0 Å². The Morgan fingerprint density at radius 1 is 1.37 bits per heavy atom. The maximum Gasteiger partial charge on any atom is 0.356 e. The van der Waals surface area contributed by atoms with Crippen LogP contribution in [0.25, 0.3) is 0 Å². The summed E-state index contributed by atoms with van der Waals surface area (Å²) >= 11 is 0. The monoisotopic (exact) mass is 261 g/mol. The van der Waals surface area contributed by atoms with Crippen LogP contribution in [0.2, 0.25) is 0 Å².